The third-order valence-electron chi connectivity index (χ3n) is 3.47. The number of rotatable bonds is 2. The van der Waals surface area contributed by atoms with Gasteiger partial charge in [0.05, 0.1) is 21.0 Å². The fraction of sp³-hybridized carbons (Fsp3) is 0.0769. The second kappa shape index (κ2) is 4.17. The molecule has 8 heteroatoms. The van der Waals surface area contributed by atoms with Gasteiger partial charge >= 0.3 is 0 Å². The van der Waals surface area contributed by atoms with E-state index >= 15 is 0 Å². The maximum atomic E-state index is 11.2. The van der Waals surface area contributed by atoms with E-state index in [2.05, 4.69) is 0 Å². The molecule has 2 aromatic carbocycles. The van der Waals surface area contributed by atoms with E-state index in [0.29, 0.717) is 17.5 Å². The minimum absolute atomic E-state index is 0.225. The number of benzene rings is 2. The minimum atomic E-state index is -0.579. The van der Waals surface area contributed by atoms with Crippen molar-refractivity contribution in [3.05, 3.63) is 55.6 Å². The molecule has 0 saturated carbocycles. The Bertz CT molecular complexity index is 749. The molecule has 0 unspecified atom stereocenters. The van der Waals surface area contributed by atoms with Crippen molar-refractivity contribution < 1.29 is 9.85 Å². The molecular weight excluding hydrogens is 276 g/mol. The molecule has 0 spiro atoms. The third-order valence-corrected chi connectivity index (χ3v) is 3.47. The van der Waals surface area contributed by atoms with Crippen LogP contribution in [0.5, 0.6) is 0 Å². The van der Waals surface area contributed by atoms with Crippen LogP contribution in [-0.4, -0.2) is 9.85 Å². The van der Waals surface area contributed by atoms with Crippen LogP contribution in [0, 0.1) is 20.2 Å². The first kappa shape index (κ1) is 12.9. The van der Waals surface area contributed by atoms with Gasteiger partial charge in [-0.2, -0.15) is 0 Å². The third kappa shape index (κ3) is 1.84. The first-order valence-electron chi connectivity index (χ1n) is 6.02. The van der Waals surface area contributed by atoms with Gasteiger partial charge in [0.2, 0.25) is 0 Å². The highest BCUT2D eigenvalue weighted by Gasteiger charge is 2.34. The molecule has 0 radical (unpaired) electrons. The Hall–Kier alpha value is -3.16. The highest BCUT2D eigenvalue weighted by molar-refractivity contribution is 5.92. The van der Waals surface area contributed by atoms with Crippen LogP contribution < -0.4 is 11.5 Å². The van der Waals surface area contributed by atoms with E-state index in [-0.39, 0.29) is 33.9 Å². The molecule has 0 atom stereocenters. The Balaban J connectivity index is 2.40. The number of nitrogens with two attached hydrogens (primary N) is 2. The van der Waals surface area contributed by atoms with Crippen molar-refractivity contribution in [2.24, 2.45) is 0 Å². The lowest BCUT2D eigenvalue weighted by Gasteiger charge is -2.05. The molecule has 21 heavy (non-hydrogen) atoms. The number of nitrogens with zero attached hydrogens (tertiary/aromatic N) is 2. The molecule has 0 heterocycles. The highest BCUT2D eigenvalue weighted by atomic mass is 16.6. The van der Waals surface area contributed by atoms with Gasteiger partial charge in [0.1, 0.15) is 0 Å². The van der Waals surface area contributed by atoms with Gasteiger partial charge in [-0.3, -0.25) is 20.2 Å². The summed E-state index contributed by atoms with van der Waals surface area (Å²) in [7, 11) is 0. The van der Waals surface area contributed by atoms with Crippen molar-refractivity contribution >= 4 is 22.7 Å². The topological polar surface area (TPSA) is 138 Å². The monoisotopic (exact) mass is 286 g/mol. The molecule has 0 fully saturated rings. The van der Waals surface area contributed by atoms with Crippen molar-refractivity contribution in [3.8, 4) is 11.1 Å². The first-order chi connectivity index (χ1) is 9.88. The molecule has 1 aliphatic carbocycles. The summed E-state index contributed by atoms with van der Waals surface area (Å²) in [5.74, 6) is 0. The van der Waals surface area contributed by atoms with E-state index in [1.807, 2.05) is 0 Å². The number of hydrogen-bond donors (Lipinski definition) is 2. The van der Waals surface area contributed by atoms with E-state index in [4.69, 9.17) is 11.5 Å². The van der Waals surface area contributed by atoms with E-state index in [0.717, 1.165) is 0 Å². The molecule has 3 rings (SSSR count). The zero-order valence-electron chi connectivity index (χ0n) is 10.7. The second-order valence-electron chi connectivity index (χ2n) is 4.84. The lowest BCUT2D eigenvalue weighted by Crippen LogP contribution is -1.98. The van der Waals surface area contributed by atoms with E-state index in [9.17, 15) is 20.2 Å². The van der Waals surface area contributed by atoms with Crippen LogP contribution in [0.25, 0.3) is 11.1 Å². The van der Waals surface area contributed by atoms with Crippen LogP contribution in [-0.2, 0) is 6.42 Å². The largest absolute Gasteiger partial charge is 0.399 e. The van der Waals surface area contributed by atoms with Gasteiger partial charge in [0.25, 0.3) is 11.4 Å². The number of hydrogen-bond acceptors (Lipinski definition) is 6. The van der Waals surface area contributed by atoms with Gasteiger partial charge in [-0.05, 0) is 29.7 Å². The molecule has 4 N–H and O–H groups in total. The first-order valence-corrected chi connectivity index (χ1v) is 6.02. The minimum Gasteiger partial charge on any atom is -0.399 e. The average molecular weight is 286 g/mol. The molecule has 0 saturated heterocycles. The zero-order chi connectivity index (χ0) is 15.3. The fourth-order valence-corrected chi connectivity index (χ4v) is 2.77. The molecular formula is C13H10N4O4. The summed E-state index contributed by atoms with van der Waals surface area (Å²) in [6, 6.07) is 5.63. The van der Waals surface area contributed by atoms with E-state index < -0.39 is 9.85 Å². The SMILES string of the molecule is Nc1cc2c(c([N+](=O)[O-])c1)-c1c(cc(N)cc1[N+](=O)[O-])C2. The maximum absolute atomic E-state index is 11.2. The normalized spacial score (nSPS) is 11.8. The summed E-state index contributed by atoms with van der Waals surface area (Å²) in [5, 5.41) is 22.5. The number of nitro groups is 2. The fourth-order valence-electron chi connectivity index (χ4n) is 2.77. The van der Waals surface area contributed by atoms with Crippen LogP contribution in [0.4, 0.5) is 22.7 Å². The van der Waals surface area contributed by atoms with Crippen molar-refractivity contribution in [3.63, 3.8) is 0 Å². The maximum Gasteiger partial charge on any atom is 0.279 e. The molecule has 1 aliphatic rings. The summed E-state index contributed by atoms with van der Waals surface area (Å²) >= 11 is 0. The Kier molecular flexibility index (Phi) is 2.55. The van der Waals surface area contributed by atoms with Crippen molar-refractivity contribution in [1.29, 1.82) is 0 Å². The van der Waals surface area contributed by atoms with Crippen molar-refractivity contribution in [2.75, 3.05) is 11.5 Å². The summed E-state index contributed by atoms with van der Waals surface area (Å²) < 4.78 is 0. The van der Waals surface area contributed by atoms with Crippen LogP contribution in [0.1, 0.15) is 11.1 Å². The highest BCUT2D eigenvalue weighted by Crippen LogP contribution is 2.48. The molecule has 2 aromatic rings. The molecule has 8 nitrogen and oxygen atoms in total. The van der Waals surface area contributed by atoms with Gasteiger partial charge in [0.15, 0.2) is 0 Å². The number of nitrogen functional groups attached to an aromatic ring is 2. The summed E-state index contributed by atoms with van der Waals surface area (Å²) in [5.41, 5.74) is 13.1. The van der Waals surface area contributed by atoms with Crippen LogP contribution in [0.15, 0.2) is 24.3 Å². The Labute approximate surface area is 118 Å². The van der Waals surface area contributed by atoms with Gasteiger partial charge in [0, 0.05) is 23.5 Å². The number of fused-ring (bicyclic) bond motifs is 3. The lowest BCUT2D eigenvalue weighted by atomic mass is 10.0. The Morgan fingerprint density at radius 2 is 1.19 bits per heavy atom. The van der Waals surface area contributed by atoms with Crippen LogP contribution in [0.3, 0.4) is 0 Å². The summed E-state index contributed by atoms with van der Waals surface area (Å²) in [4.78, 5) is 21.3. The molecule has 0 bridgehead atoms. The zero-order valence-corrected chi connectivity index (χ0v) is 10.7. The number of nitro benzene ring substituents is 2. The number of anilines is 2. The van der Waals surface area contributed by atoms with Gasteiger partial charge in [-0.1, -0.05) is 0 Å². The van der Waals surface area contributed by atoms with Gasteiger partial charge in [-0.15, -0.1) is 0 Å². The Morgan fingerprint density at radius 3 is 1.52 bits per heavy atom. The smallest absolute Gasteiger partial charge is 0.279 e. The molecule has 0 amide bonds. The molecule has 106 valence electrons. The molecule has 0 aromatic heterocycles. The molecule has 0 aliphatic heterocycles. The van der Waals surface area contributed by atoms with Gasteiger partial charge < -0.3 is 11.5 Å². The van der Waals surface area contributed by atoms with E-state index in [1.54, 1.807) is 12.1 Å². The van der Waals surface area contributed by atoms with Crippen molar-refractivity contribution in [1.82, 2.24) is 0 Å². The van der Waals surface area contributed by atoms with Crippen LogP contribution >= 0.6 is 0 Å². The summed E-state index contributed by atoms with van der Waals surface area (Å²) in [6.07, 6.45) is 0.336. The van der Waals surface area contributed by atoms with E-state index in [1.165, 1.54) is 12.1 Å². The van der Waals surface area contributed by atoms with Crippen molar-refractivity contribution in [2.45, 2.75) is 6.42 Å². The predicted molar refractivity (Wildman–Crippen MR) is 76.8 cm³/mol. The quantitative estimate of drug-likeness (QED) is 0.420. The lowest BCUT2D eigenvalue weighted by molar-refractivity contribution is -0.386. The standard InChI is InChI=1S/C13H10N4O4/c14-8-2-6-1-7-3-9(15)5-11(17(20)21)13(7)12(6)10(4-8)16(18)19/h2-5H,1,14-15H2. The van der Waals surface area contributed by atoms with Gasteiger partial charge in [-0.25, -0.2) is 0 Å². The average Bonchev–Trinajstić information content (AvgIpc) is 2.73. The Morgan fingerprint density at radius 1 is 0.810 bits per heavy atom. The van der Waals surface area contributed by atoms with Crippen LogP contribution in [0.2, 0.25) is 0 Å². The predicted octanol–water partition coefficient (Wildman–Crippen LogP) is 2.24. The second-order valence-corrected chi connectivity index (χ2v) is 4.84. The summed E-state index contributed by atoms with van der Waals surface area (Å²) in [6.45, 7) is 0.